The first kappa shape index (κ1) is 33.2. The summed E-state index contributed by atoms with van der Waals surface area (Å²) in [5.74, 6) is 0.810. The Bertz CT molecular complexity index is 1420. The Hall–Kier alpha value is -3.71. The van der Waals surface area contributed by atoms with Crippen LogP contribution in [0.3, 0.4) is 0 Å². The Morgan fingerprint density at radius 3 is 2.47 bits per heavy atom. The summed E-state index contributed by atoms with van der Waals surface area (Å²) in [7, 11) is 0. The summed E-state index contributed by atoms with van der Waals surface area (Å²) in [4.78, 5) is 50.7. The average molecular weight is 681 g/mol. The molecule has 0 aromatic carbocycles. The first-order valence-electron chi connectivity index (χ1n) is 15.9. The second-order valence-electron chi connectivity index (χ2n) is 11.9. The monoisotopic (exact) mass is 680 g/mol. The molecule has 6 heterocycles. The number of nitrogen functional groups attached to an aromatic ring is 1. The zero-order valence-corrected chi connectivity index (χ0v) is 26.7. The lowest BCUT2D eigenvalue weighted by molar-refractivity contribution is -0.140. The lowest BCUT2D eigenvalue weighted by atomic mass is 10.0. The maximum atomic E-state index is 13.9. The molecule has 0 bridgehead atoms. The van der Waals surface area contributed by atoms with Gasteiger partial charge in [0.2, 0.25) is 23.8 Å². The smallest absolute Gasteiger partial charge is 0.378 e. The Morgan fingerprint density at radius 1 is 1.02 bits per heavy atom. The predicted molar refractivity (Wildman–Crippen MR) is 169 cm³/mol. The molecular weight excluding hydrogens is 641 g/mol. The van der Waals surface area contributed by atoms with Gasteiger partial charge < -0.3 is 36.2 Å². The van der Waals surface area contributed by atoms with Gasteiger partial charge in [0.25, 0.3) is 0 Å². The minimum Gasteiger partial charge on any atom is -0.378 e. The number of morpholine rings is 1. The zero-order chi connectivity index (χ0) is 33.0. The molecule has 0 radical (unpaired) electrons. The number of rotatable bonds is 11. The molecule has 4 saturated heterocycles. The number of aromatic nitrogens is 5. The highest BCUT2D eigenvalue weighted by Gasteiger charge is 2.42. The molecule has 2 aromatic heterocycles. The summed E-state index contributed by atoms with van der Waals surface area (Å²) < 4.78 is 47.1. The molecule has 47 heavy (non-hydrogen) atoms. The van der Waals surface area contributed by atoms with Gasteiger partial charge in [-0.3, -0.25) is 9.69 Å². The molecule has 0 unspecified atom stereocenters. The fourth-order valence-electron chi connectivity index (χ4n) is 6.18. The number of nitrogens with zero attached hydrogens (tertiary/aromatic N) is 8. The van der Waals surface area contributed by atoms with Gasteiger partial charge in [-0.2, -0.15) is 39.9 Å². The summed E-state index contributed by atoms with van der Waals surface area (Å²) in [6.07, 6.45) is -0.622. The summed E-state index contributed by atoms with van der Waals surface area (Å²) >= 11 is 1.88. The Morgan fingerprint density at radius 2 is 1.74 bits per heavy atom. The number of fused-ring (bicyclic) bond motifs is 1. The number of piperazine rings is 1. The normalized spacial score (nSPS) is 23.4. The van der Waals surface area contributed by atoms with Gasteiger partial charge in [0.15, 0.2) is 11.5 Å². The molecule has 2 aromatic rings. The van der Waals surface area contributed by atoms with Crippen molar-refractivity contribution >= 4 is 41.5 Å². The number of nitrogens with two attached hydrogens (primary N) is 1. The van der Waals surface area contributed by atoms with E-state index in [0.29, 0.717) is 77.2 Å². The molecule has 19 heteroatoms. The molecule has 15 nitrogen and oxygen atoms in total. The van der Waals surface area contributed by atoms with Crippen LogP contribution in [0.2, 0.25) is 0 Å². The van der Waals surface area contributed by atoms with E-state index >= 15 is 0 Å². The van der Waals surface area contributed by atoms with Crippen molar-refractivity contribution in [3.8, 4) is 11.4 Å². The van der Waals surface area contributed by atoms with Gasteiger partial charge in [0, 0.05) is 76.0 Å². The van der Waals surface area contributed by atoms with Crippen LogP contribution in [0, 0.1) is 0 Å². The fourth-order valence-corrected chi connectivity index (χ4v) is 7.73. The number of carbonyl (C=O) groups is 2. The van der Waals surface area contributed by atoms with Crippen LogP contribution in [0.15, 0.2) is 6.20 Å². The van der Waals surface area contributed by atoms with Crippen LogP contribution in [0.4, 0.5) is 35.8 Å². The Kier molecular flexibility index (Phi) is 10.3. The van der Waals surface area contributed by atoms with Crippen LogP contribution >= 0.6 is 11.8 Å². The molecule has 5 N–H and O–H groups in total. The van der Waals surface area contributed by atoms with E-state index in [1.807, 2.05) is 21.6 Å². The van der Waals surface area contributed by atoms with E-state index in [1.165, 1.54) is 0 Å². The average Bonchev–Trinajstić information content (AvgIpc) is 3.62. The number of ether oxygens (including phenoxy) is 1. The quantitative estimate of drug-likeness (QED) is 0.193. The SMILES string of the molecule is Nc1ncc(-c2nc(N3CCOCC3)nc(N3CCN(CCNC(=O)CCCC[C@@H]4SC[C@@H]5NC(=O)N[C@@H]54)CC3)n2)c(C(F)(F)F)n1. The topological polar surface area (TPSA) is 180 Å². The van der Waals surface area contributed by atoms with Crippen LogP contribution in [-0.2, 0) is 15.7 Å². The van der Waals surface area contributed by atoms with Crippen LogP contribution in [0.5, 0.6) is 0 Å². The first-order valence-corrected chi connectivity index (χ1v) is 16.9. The van der Waals surface area contributed by atoms with Crippen molar-refractivity contribution in [2.75, 3.05) is 86.9 Å². The summed E-state index contributed by atoms with van der Waals surface area (Å²) in [5, 5.41) is 9.35. The van der Waals surface area contributed by atoms with Gasteiger partial charge in [0.1, 0.15) is 0 Å². The molecule has 4 aliphatic rings. The van der Waals surface area contributed by atoms with Crippen molar-refractivity contribution in [1.29, 1.82) is 0 Å². The second-order valence-corrected chi connectivity index (χ2v) is 13.2. The summed E-state index contributed by atoms with van der Waals surface area (Å²) in [6.45, 7) is 5.48. The third kappa shape index (κ3) is 8.24. The third-order valence-electron chi connectivity index (χ3n) is 8.71. The maximum absolute atomic E-state index is 13.9. The highest BCUT2D eigenvalue weighted by molar-refractivity contribution is 8.00. The Balaban J connectivity index is 0.997. The largest absolute Gasteiger partial charge is 0.434 e. The van der Waals surface area contributed by atoms with Crippen molar-refractivity contribution in [1.82, 2.24) is 45.8 Å². The predicted octanol–water partition coefficient (Wildman–Crippen LogP) is 0.730. The van der Waals surface area contributed by atoms with E-state index in [1.54, 1.807) is 0 Å². The molecule has 4 fully saturated rings. The fraction of sp³-hybridized carbons (Fsp3) is 0.679. The van der Waals surface area contributed by atoms with Gasteiger partial charge in [-0.1, -0.05) is 6.42 Å². The van der Waals surface area contributed by atoms with E-state index in [0.717, 1.165) is 31.2 Å². The third-order valence-corrected chi connectivity index (χ3v) is 10.2. The highest BCUT2D eigenvalue weighted by Crippen LogP contribution is 2.36. The molecule has 0 spiro atoms. The van der Waals surface area contributed by atoms with E-state index < -0.39 is 17.8 Å². The standard InChI is InChI=1S/C28H39F3N12O3S/c29-28(30,31)22-17(15-34-24(32)37-22)23-38-25(40-26(39-23)43-11-13-46-14-12-43)42-9-7-41(8-10-42)6-5-33-20(44)4-2-1-3-19-21-18(16-47-19)35-27(45)36-21/h15,18-19,21H,1-14,16H2,(H,33,44)(H2,32,34,37)(H2,35,36,45)/t18-,19-,21-/m0/s1. The number of alkyl halides is 3. The molecule has 0 saturated carbocycles. The van der Waals surface area contributed by atoms with Crippen LogP contribution in [0.25, 0.3) is 11.4 Å². The molecule has 3 atom stereocenters. The number of urea groups is 1. The molecule has 4 aliphatic heterocycles. The number of amides is 3. The number of hydrogen-bond acceptors (Lipinski definition) is 13. The summed E-state index contributed by atoms with van der Waals surface area (Å²) in [5.41, 5.74) is 3.91. The molecule has 6 rings (SSSR count). The lowest BCUT2D eigenvalue weighted by Crippen LogP contribution is -2.49. The number of thioether (sulfide) groups is 1. The van der Waals surface area contributed by atoms with Gasteiger partial charge >= 0.3 is 12.2 Å². The molecule has 0 aliphatic carbocycles. The van der Waals surface area contributed by atoms with Crippen LogP contribution in [0.1, 0.15) is 31.4 Å². The minimum atomic E-state index is -4.79. The van der Waals surface area contributed by atoms with Gasteiger partial charge in [0.05, 0.1) is 30.9 Å². The maximum Gasteiger partial charge on any atom is 0.434 e. The molecular formula is C28H39F3N12O3S. The van der Waals surface area contributed by atoms with Gasteiger partial charge in [-0.05, 0) is 12.8 Å². The summed E-state index contributed by atoms with van der Waals surface area (Å²) in [6, 6.07) is 0.305. The van der Waals surface area contributed by atoms with Crippen molar-refractivity contribution < 1.29 is 27.5 Å². The van der Waals surface area contributed by atoms with Crippen LogP contribution < -0.4 is 31.5 Å². The van der Waals surface area contributed by atoms with Crippen molar-refractivity contribution in [2.24, 2.45) is 0 Å². The Labute approximate surface area is 274 Å². The minimum absolute atomic E-state index is 0.0228. The van der Waals surface area contributed by atoms with Gasteiger partial charge in [-0.15, -0.1) is 0 Å². The molecule has 256 valence electrons. The number of hydrogen-bond donors (Lipinski definition) is 4. The van der Waals surface area contributed by atoms with Gasteiger partial charge in [-0.25, -0.2) is 14.8 Å². The van der Waals surface area contributed by atoms with Crippen molar-refractivity contribution in [2.45, 2.75) is 49.2 Å². The number of nitrogens with one attached hydrogen (secondary N) is 3. The highest BCUT2D eigenvalue weighted by atomic mass is 32.2. The molecule has 3 amide bonds. The van der Waals surface area contributed by atoms with E-state index in [-0.39, 0.29) is 47.3 Å². The van der Waals surface area contributed by atoms with E-state index in [4.69, 9.17) is 10.5 Å². The van der Waals surface area contributed by atoms with Crippen molar-refractivity contribution in [3.63, 3.8) is 0 Å². The van der Waals surface area contributed by atoms with E-state index in [9.17, 15) is 22.8 Å². The van der Waals surface area contributed by atoms with Crippen LogP contribution in [-0.4, -0.2) is 130 Å². The number of halogens is 3. The number of anilines is 3. The van der Waals surface area contributed by atoms with Crippen molar-refractivity contribution in [3.05, 3.63) is 11.9 Å². The first-order chi connectivity index (χ1) is 22.6. The number of unbranched alkanes of at least 4 members (excludes halogenated alkanes) is 1. The lowest BCUT2D eigenvalue weighted by Gasteiger charge is -2.35. The zero-order valence-electron chi connectivity index (χ0n) is 25.8. The number of carbonyl (C=O) groups excluding carboxylic acids is 2. The van der Waals surface area contributed by atoms with E-state index in [2.05, 4.69) is 45.8 Å². The second kappa shape index (κ2) is 14.6.